The maximum Gasteiger partial charge on any atom is 0.306 e. The molecule has 2 aliphatic rings. The van der Waals surface area contributed by atoms with Crippen molar-refractivity contribution in [2.24, 2.45) is 11.8 Å². The summed E-state index contributed by atoms with van der Waals surface area (Å²) in [4.78, 5) is 22.4. The minimum Gasteiger partial charge on any atom is -0.481 e. The lowest BCUT2D eigenvalue weighted by molar-refractivity contribution is -0.142. The van der Waals surface area contributed by atoms with Crippen molar-refractivity contribution in [2.45, 2.75) is 57.4 Å². The molecule has 0 saturated heterocycles. The van der Waals surface area contributed by atoms with Gasteiger partial charge in [-0.2, -0.15) is 0 Å². The lowest BCUT2D eigenvalue weighted by Gasteiger charge is -2.26. The number of nitrogens with one attached hydrogen (secondary N) is 1. The van der Waals surface area contributed by atoms with Crippen LogP contribution < -0.4 is 5.32 Å². The van der Waals surface area contributed by atoms with E-state index in [4.69, 9.17) is 5.11 Å². The van der Waals surface area contributed by atoms with E-state index >= 15 is 0 Å². The summed E-state index contributed by atoms with van der Waals surface area (Å²) in [6, 6.07) is 0.206. The lowest BCUT2D eigenvalue weighted by atomic mass is 9.86. The first-order chi connectivity index (χ1) is 8.15. The normalized spacial score (nSPS) is 28.7. The molecule has 0 unspecified atom stereocenters. The molecule has 0 aromatic heterocycles. The number of aliphatic carboxylic acids is 1. The molecule has 0 aliphatic heterocycles. The average Bonchev–Trinajstić information content (AvgIpc) is 3.11. The van der Waals surface area contributed by atoms with E-state index in [-0.39, 0.29) is 17.9 Å². The lowest BCUT2D eigenvalue weighted by Crippen LogP contribution is -2.38. The third-order valence-corrected chi connectivity index (χ3v) is 3.92. The molecule has 0 aromatic carbocycles. The molecule has 4 heteroatoms. The Balaban J connectivity index is 1.62. The Morgan fingerprint density at radius 1 is 1.06 bits per heavy atom. The van der Waals surface area contributed by atoms with Crippen molar-refractivity contribution >= 4 is 11.9 Å². The number of hydrogen-bond acceptors (Lipinski definition) is 2. The molecule has 0 atom stereocenters. The van der Waals surface area contributed by atoms with Crippen molar-refractivity contribution in [3.8, 4) is 0 Å². The van der Waals surface area contributed by atoms with Crippen molar-refractivity contribution < 1.29 is 14.7 Å². The van der Waals surface area contributed by atoms with E-state index in [1.165, 1.54) is 12.8 Å². The highest BCUT2D eigenvalue weighted by atomic mass is 16.4. The minimum atomic E-state index is -0.691. The van der Waals surface area contributed by atoms with Crippen LogP contribution in [0, 0.1) is 11.8 Å². The summed E-state index contributed by atoms with van der Waals surface area (Å²) in [6.45, 7) is 0. The molecule has 4 nitrogen and oxygen atoms in total. The van der Waals surface area contributed by atoms with Crippen LogP contribution in [0.1, 0.15) is 51.4 Å². The molecule has 0 radical (unpaired) electrons. The Bertz CT molecular complexity index is 291. The molecule has 1 amide bonds. The summed E-state index contributed by atoms with van der Waals surface area (Å²) < 4.78 is 0. The van der Waals surface area contributed by atoms with Gasteiger partial charge in [0.05, 0.1) is 5.92 Å². The summed E-state index contributed by atoms with van der Waals surface area (Å²) >= 11 is 0. The summed E-state index contributed by atoms with van der Waals surface area (Å²) in [6.07, 6.45) is 7.26. The Morgan fingerprint density at radius 2 is 1.71 bits per heavy atom. The van der Waals surface area contributed by atoms with Gasteiger partial charge in [0.1, 0.15) is 0 Å². The van der Waals surface area contributed by atoms with Gasteiger partial charge in [0.15, 0.2) is 0 Å². The fraction of sp³-hybridized carbons (Fsp3) is 0.846. The first-order valence-corrected chi connectivity index (χ1v) is 6.67. The zero-order valence-corrected chi connectivity index (χ0v) is 10.2. The van der Waals surface area contributed by atoms with Crippen LogP contribution >= 0.6 is 0 Å². The van der Waals surface area contributed by atoms with E-state index in [0.717, 1.165) is 25.2 Å². The van der Waals surface area contributed by atoms with Crippen LogP contribution in [0.25, 0.3) is 0 Å². The van der Waals surface area contributed by atoms with E-state index in [1.807, 2.05) is 0 Å². The highest BCUT2D eigenvalue weighted by Crippen LogP contribution is 2.33. The van der Waals surface area contributed by atoms with Crippen molar-refractivity contribution in [1.29, 1.82) is 0 Å². The van der Waals surface area contributed by atoms with Gasteiger partial charge in [-0.3, -0.25) is 9.59 Å². The van der Waals surface area contributed by atoms with E-state index in [1.54, 1.807) is 0 Å². The third kappa shape index (κ3) is 4.02. The first kappa shape index (κ1) is 12.4. The smallest absolute Gasteiger partial charge is 0.306 e. The molecule has 0 spiro atoms. The summed E-state index contributed by atoms with van der Waals surface area (Å²) in [5.74, 6) is 0.0531. The number of carbonyl (C=O) groups excluding carboxylic acids is 1. The number of rotatable bonds is 5. The van der Waals surface area contributed by atoms with Crippen molar-refractivity contribution in [2.75, 3.05) is 0 Å². The minimum absolute atomic E-state index is 0.149. The molecule has 2 saturated carbocycles. The number of carboxylic acids is 1. The highest BCUT2D eigenvalue weighted by Gasteiger charge is 2.27. The quantitative estimate of drug-likeness (QED) is 0.770. The second kappa shape index (κ2) is 5.52. The van der Waals surface area contributed by atoms with Gasteiger partial charge >= 0.3 is 5.97 Å². The van der Waals surface area contributed by atoms with Crippen LogP contribution in [-0.4, -0.2) is 23.0 Å². The topological polar surface area (TPSA) is 66.4 Å². The first-order valence-electron chi connectivity index (χ1n) is 6.67. The van der Waals surface area contributed by atoms with Crippen LogP contribution in [0.5, 0.6) is 0 Å². The number of carbonyl (C=O) groups is 2. The molecule has 0 aromatic rings. The molecule has 0 bridgehead atoms. The van der Waals surface area contributed by atoms with E-state index in [0.29, 0.717) is 19.3 Å². The zero-order chi connectivity index (χ0) is 12.3. The van der Waals surface area contributed by atoms with Gasteiger partial charge in [0.2, 0.25) is 5.91 Å². The number of carboxylic acid groups (broad SMARTS) is 1. The Kier molecular flexibility index (Phi) is 4.02. The molecule has 96 valence electrons. The summed E-state index contributed by atoms with van der Waals surface area (Å²) in [7, 11) is 0. The van der Waals surface area contributed by atoms with Crippen molar-refractivity contribution in [3.63, 3.8) is 0 Å². The number of amides is 1. The second-order valence-electron chi connectivity index (χ2n) is 5.44. The van der Waals surface area contributed by atoms with Crippen LogP contribution in [-0.2, 0) is 9.59 Å². The number of hydrogen-bond donors (Lipinski definition) is 2. The monoisotopic (exact) mass is 239 g/mol. The van der Waals surface area contributed by atoms with Gasteiger partial charge in [-0.25, -0.2) is 0 Å². The van der Waals surface area contributed by atoms with Gasteiger partial charge < -0.3 is 10.4 Å². The van der Waals surface area contributed by atoms with E-state index in [2.05, 4.69) is 5.32 Å². The largest absolute Gasteiger partial charge is 0.481 e. The standard InChI is InChI=1S/C13H21NO3/c15-12(8-3-9-1-2-9)14-11-6-4-10(5-7-11)13(16)17/h9-11H,1-8H2,(H,14,15)(H,16,17). The molecule has 2 N–H and O–H groups in total. The predicted molar refractivity (Wildman–Crippen MR) is 63.5 cm³/mol. The highest BCUT2D eigenvalue weighted by molar-refractivity contribution is 5.76. The average molecular weight is 239 g/mol. The van der Waals surface area contributed by atoms with Crippen LogP contribution in [0.3, 0.4) is 0 Å². The van der Waals surface area contributed by atoms with Crippen molar-refractivity contribution in [1.82, 2.24) is 5.32 Å². The third-order valence-electron chi connectivity index (χ3n) is 3.92. The Hall–Kier alpha value is -1.06. The van der Waals surface area contributed by atoms with Gasteiger partial charge in [-0.15, -0.1) is 0 Å². The van der Waals surface area contributed by atoms with Gasteiger partial charge in [-0.1, -0.05) is 12.8 Å². The molecule has 2 rings (SSSR count). The van der Waals surface area contributed by atoms with Gasteiger partial charge in [0.25, 0.3) is 0 Å². The summed E-state index contributed by atoms with van der Waals surface area (Å²) in [5, 5.41) is 11.9. The van der Waals surface area contributed by atoms with Crippen LogP contribution in [0.15, 0.2) is 0 Å². The zero-order valence-electron chi connectivity index (χ0n) is 10.2. The fourth-order valence-electron chi connectivity index (χ4n) is 2.53. The Morgan fingerprint density at radius 3 is 2.24 bits per heavy atom. The maximum absolute atomic E-state index is 11.6. The molecule has 2 fully saturated rings. The van der Waals surface area contributed by atoms with Gasteiger partial charge in [-0.05, 0) is 38.0 Å². The SMILES string of the molecule is O=C(CCC1CC1)NC1CCC(C(=O)O)CC1. The Labute approximate surface area is 102 Å². The molecular weight excluding hydrogens is 218 g/mol. The van der Waals surface area contributed by atoms with E-state index < -0.39 is 5.97 Å². The van der Waals surface area contributed by atoms with Crippen molar-refractivity contribution in [3.05, 3.63) is 0 Å². The molecule has 0 heterocycles. The maximum atomic E-state index is 11.6. The fourth-order valence-corrected chi connectivity index (χ4v) is 2.53. The van der Waals surface area contributed by atoms with Gasteiger partial charge in [0, 0.05) is 12.5 Å². The van der Waals surface area contributed by atoms with Crippen LogP contribution in [0.4, 0.5) is 0 Å². The summed E-state index contributed by atoms with van der Waals surface area (Å²) in [5.41, 5.74) is 0. The molecule has 2 aliphatic carbocycles. The predicted octanol–water partition coefficient (Wildman–Crippen LogP) is 1.94. The molecular formula is C13H21NO3. The van der Waals surface area contributed by atoms with E-state index in [9.17, 15) is 9.59 Å². The molecule has 17 heavy (non-hydrogen) atoms. The van der Waals surface area contributed by atoms with Crippen LogP contribution in [0.2, 0.25) is 0 Å². The second-order valence-corrected chi connectivity index (χ2v) is 5.44.